The van der Waals surface area contributed by atoms with Gasteiger partial charge in [0.15, 0.2) is 5.58 Å². The molecule has 5 heteroatoms. The van der Waals surface area contributed by atoms with Gasteiger partial charge in [-0.1, -0.05) is 84.6 Å². The van der Waals surface area contributed by atoms with Crippen LogP contribution in [0.4, 0.5) is 0 Å². The first-order valence-corrected chi connectivity index (χ1v) is 10.2. The first-order valence-electron chi connectivity index (χ1n) is 9.17. The maximum absolute atomic E-state index is 10.4. The third-order valence-electron chi connectivity index (χ3n) is 4.33. The summed E-state index contributed by atoms with van der Waals surface area (Å²) >= 11 is 1.39. The monoisotopic (exact) mass is 391 g/mol. The number of para-hydroxylation sites is 2. The fraction of sp³-hybridized carbons (Fsp3) is 0.174. The van der Waals surface area contributed by atoms with E-state index in [1.54, 1.807) is 0 Å². The van der Waals surface area contributed by atoms with Crippen molar-refractivity contribution in [3.05, 3.63) is 96.1 Å². The molecule has 4 aromatic rings. The third kappa shape index (κ3) is 4.62. The summed E-state index contributed by atoms with van der Waals surface area (Å²) in [6, 6.07) is 27.7. The number of ether oxygens (including phenoxy) is 1. The van der Waals surface area contributed by atoms with E-state index in [2.05, 4.69) is 4.98 Å². The van der Waals surface area contributed by atoms with Crippen LogP contribution in [-0.4, -0.2) is 28.6 Å². The van der Waals surface area contributed by atoms with E-state index < -0.39 is 6.10 Å². The van der Waals surface area contributed by atoms with Crippen LogP contribution >= 0.6 is 11.8 Å². The molecular weight excluding hydrogens is 370 g/mol. The number of benzene rings is 3. The number of nitrogens with zero attached hydrogens (tertiary/aromatic N) is 1. The van der Waals surface area contributed by atoms with Crippen molar-refractivity contribution in [1.29, 1.82) is 0 Å². The molecule has 0 spiro atoms. The van der Waals surface area contributed by atoms with Crippen molar-refractivity contribution < 1.29 is 14.3 Å². The predicted octanol–water partition coefficient (Wildman–Crippen LogP) is 5.09. The van der Waals surface area contributed by atoms with Gasteiger partial charge in [-0.2, -0.15) is 0 Å². The number of hydrogen-bond donors (Lipinski definition) is 1. The number of thioether (sulfide) groups is 1. The number of aliphatic hydroxyl groups is 1. The Morgan fingerprint density at radius 3 is 2.11 bits per heavy atom. The van der Waals surface area contributed by atoms with Crippen LogP contribution in [0.15, 0.2) is 94.6 Å². The minimum atomic E-state index is -0.630. The lowest BCUT2D eigenvalue weighted by Gasteiger charge is -2.20. The van der Waals surface area contributed by atoms with E-state index in [1.807, 2.05) is 84.9 Å². The first-order chi connectivity index (χ1) is 13.8. The highest BCUT2D eigenvalue weighted by molar-refractivity contribution is 7.99. The maximum Gasteiger partial charge on any atom is 0.256 e. The zero-order chi connectivity index (χ0) is 19.2. The van der Waals surface area contributed by atoms with Crippen molar-refractivity contribution >= 4 is 22.9 Å². The van der Waals surface area contributed by atoms with Gasteiger partial charge in [-0.25, -0.2) is 4.98 Å². The molecule has 142 valence electrons. The van der Waals surface area contributed by atoms with Gasteiger partial charge < -0.3 is 14.3 Å². The summed E-state index contributed by atoms with van der Waals surface area (Å²) in [4.78, 5) is 4.42. The average molecular weight is 391 g/mol. The largest absolute Gasteiger partial charge is 0.431 e. The summed E-state index contributed by atoms with van der Waals surface area (Å²) in [5.41, 5.74) is 3.70. The van der Waals surface area contributed by atoms with Gasteiger partial charge in [0.1, 0.15) is 11.6 Å². The molecule has 0 aliphatic heterocycles. The van der Waals surface area contributed by atoms with Crippen LogP contribution in [0.5, 0.6) is 0 Å². The molecule has 0 amide bonds. The molecule has 4 rings (SSSR count). The van der Waals surface area contributed by atoms with Gasteiger partial charge in [0.05, 0.1) is 12.7 Å². The van der Waals surface area contributed by atoms with Gasteiger partial charge in [-0.3, -0.25) is 0 Å². The quantitative estimate of drug-likeness (QED) is 0.424. The molecule has 1 aromatic heterocycles. The lowest BCUT2D eigenvalue weighted by atomic mass is 10.0. The Bertz CT molecular complexity index is 931. The standard InChI is InChI=1S/C23H21NO3S/c25-19(16-28-23-24-20-13-7-8-14-21(20)27-23)15-26-22(17-9-3-1-4-10-17)18-11-5-2-6-12-18/h1-14,19,22,25H,15-16H2/t19-/m0/s1. The molecule has 28 heavy (non-hydrogen) atoms. The van der Waals surface area contributed by atoms with Crippen LogP contribution in [-0.2, 0) is 4.74 Å². The van der Waals surface area contributed by atoms with Gasteiger partial charge in [0.25, 0.3) is 5.22 Å². The van der Waals surface area contributed by atoms with Gasteiger partial charge in [-0.05, 0) is 23.3 Å². The Balaban J connectivity index is 1.38. The van der Waals surface area contributed by atoms with Crippen molar-refractivity contribution in [2.24, 2.45) is 0 Å². The second kappa shape index (κ2) is 9.06. The zero-order valence-electron chi connectivity index (χ0n) is 15.3. The Morgan fingerprint density at radius 1 is 0.857 bits per heavy atom. The molecule has 0 radical (unpaired) electrons. The number of aliphatic hydroxyl groups excluding tert-OH is 1. The van der Waals surface area contributed by atoms with Crippen molar-refractivity contribution in [3.63, 3.8) is 0 Å². The number of fused-ring (bicyclic) bond motifs is 1. The van der Waals surface area contributed by atoms with Gasteiger partial charge in [0.2, 0.25) is 0 Å². The third-order valence-corrected chi connectivity index (χ3v) is 5.31. The van der Waals surface area contributed by atoms with Crippen molar-refractivity contribution in [2.75, 3.05) is 12.4 Å². The molecule has 3 aromatic carbocycles. The van der Waals surface area contributed by atoms with Crippen LogP contribution in [0.25, 0.3) is 11.1 Å². The van der Waals surface area contributed by atoms with E-state index in [0.717, 1.165) is 22.2 Å². The van der Waals surface area contributed by atoms with Gasteiger partial charge in [-0.15, -0.1) is 0 Å². The summed E-state index contributed by atoms with van der Waals surface area (Å²) in [5.74, 6) is 0.448. The molecule has 0 aliphatic carbocycles. The highest BCUT2D eigenvalue weighted by Gasteiger charge is 2.17. The Morgan fingerprint density at radius 2 is 1.46 bits per heavy atom. The van der Waals surface area contributed by atoms with E-state index in [-0.39, 0.29) is 12.7 Å². The molecule has 0 unspecified atom stereocenters. The lowest BCUT2D eigenvalue weighted by Crippen LogP contribution is -2.20. The van der Waals surface area contributed by atoms with E-state index in [1.165, 1.54) is 11.8 Å². The molecule has 0 saturated carbocycles. The summed E-state index contributed by atoms with van der Waals surface area (Å²) < 4.78 is 11.8. The number of oxazole rings is 1. The minimum Gasteiger partial charge on any atom is -0.431 e. The minimum absolute atomic E-state index is 0.216. The van der Waals surface area contributed by atoms with Crippen molar-refractivity contribution in [1.82, 2.24) is 4.98 Å². The smallest absolute Gasteiger partial charge is 0.256 e. The number of rotatable bonds is 8. The fourth-order valence-corrected chi connectivity index (χ4v) is 3.72. The zero-order valence-corrected chi connectivity index (χ0v) is 16.1. The van der Waals surface area contributed by atoms with Crippen LogP contribution in [0.1, 0.15) is 17.2 Å². The van der Waals surface area contributed by atoms with E-state index >= 15 is 0 Å². The van der Waals surface area contributed by atoms with Gasteiger partial charge in [0, 0.05) is 5.75 Å². The summed E-state index contributed by atoms with van der Waals surface area (Å²) in [6.45, 7) is 0.224. The molecule has 0 fully saturated rings. The van der Waals surface area contributed by atoms with Crippen molar-refractivity contribution in [3.8, 4) is 0 Å². The Kier molecular flexibility index (Phi) is 6.07. The molecule has 0 bridgehead atoms. The molecule has 1 atom stereocenters. The highest BCUT2D eigenvalue weighted by atomic mass is 32.2. The molecule has 1 N–H and O–H groups in total. The van der Waals surface area contributed by atoms with Crippen LogP contribution in [0.3, 0.4) is 0 Å². The molecule has 4 nitrogen and oxygen atoms in total. The predicted molar refractivity (Wildman–Crippen MR) is 111 cm³/mol. The van der Waals surface area contributed by atoms with E-state index in [0.29, 0.717) is 11.0 Å². The molecule has 0 saturated heterocycles. The van der Waals surface area contributed by atoms with Crippen LogP contribution < -0.4 is 0 Å². The van der Waals surface area contributed by atoms with Crippen LogP contribution in [0.2, 0.25) is 0 Å². The summed E-state index contributed by atoms with van der Waals surface area (Å²) in [6.07, 6.45) is -0.846. The SMILES string of the molecule is O[C@@H](COC(c1ccccc1)c1ccccc1)CSc1nc2ccccc2o1. The summed E-state index contributed by atoms with van der Waals surface area (Å²) in [5, 5.41) is 11.0. The second-order valence-electron chi connectivity index (χ2n) is 6.45. The topological polar surface area (TPSA) is 55.5 Å². The van der Waals surface area contributed by atoms with Gasteiger partial charge >= 0.3 is 0 Å². The second-order valence-corrected chi connectivity index (χ2v) is 7.42. The molecular formula is C23H21NO3S. The number of hydrogen-bond acceptors (Lipinski definition) is 5. The normalized spacial score (nSPS) is 12.5. The van der Waals surface area contributed by atoms with Crippen LogP contribution in [0, 0.1) is 0 Å². The average Bonchev–Trinajstić information content (AvgIpc) is 3.17. The molecule has 0 aliphatic rings. The fourth-order valence-electron chi connectivity index (χ4n) is 2.98. The number of aromatic nitrogens is 1. The highest BCUT2D eigenvalue weighted by Crippen LogP contribution is 2.27. The maximum atomic E-state index is 10.4. The first kappa shape index (κ1) is 18.7. The van der Waals surface area contributed by atoms with E-state index in [4.69, 9.17) is 9.15 Å². The lowest BCUT2D eigenvalue weighted by molar-refractivity contribution is 0.0155. The Hall–Kier alpha value is -2.60. The Labute approximate surface area is 168 Å². The van der Waals surface area contributed by atoms with Crippen molar-refractivity contribution in [2.45, 2.75) is 17.4 Å². The van der Waals surface area contributed by atoms with E-state index in [9.17, 15) is 5.11 Å². The molecule has 1 heterocycles. The summed E-state index contributed by atoms with van der Waals surface area (Å²) in [7, 11) is 0.